The van der Waals surface area contributed by atoms with Crippen molar-refractivity contribution in [3.05, 3.63) is 107 Å². The topological polar surface area (TPSA) is 47.4 Å². The maximum Gasteiger partial charge on any atom is 0.266 e. The van der Waals surface area contributed by atoms with Crippen LogP contribution < -0.4 is 4.74 Å². The summed E-state index contributed by atoms with van der Waals surface area (Å²) < 4.78 is 22.3. The number of carbonyl (C=O) groups is 1. The Hall–Kier alpha value is -3.75. The second-order valence-corrected chi connectivity index (χ2v) is 12.0. The molecule has 0 aliphatic carbocycles. The highest BCUT2D eigenvalue weighted by Gasteiger charge is 2.33. The Labute approximate surface area is 256 Å². The lowest BCUT2D eigenvalue weighted by molar-refractivity contribution is -0.122. The van der Waals surface area contributed by atoms with Gasteiger partial charge in [-0.15, -0.1) is 0 Å². The quantitative estimate of drug-likeness (QED) is 0.120. The highest BCUT2D eigenvalue weighted by molar-refractivity contribution is 8.26. The molecular weight excluding hydrogens is 566 g/mol. The summed E-state index contributed by atoms with van der Waals surface area (Å²) in [6.45, 7) is 5.16. The second-order valence-electron chi connectivity index (χ2n) is 10.3. The molecule has 5 nitrogen and oxygen atoms in total. The summed E-state index contributed by atoms with van der Waals surface area (Å²) in [5.41, 5.74) is 3.84. The van der Waals surface area contributed by atoms with E-state index in [-0.39, 0.29) is 18.3 Å². The third kappa shape index (κ3) is 6.99. The van der Waals surface area contributed by atoms with Crippen molar-refractivity contribution < 1.29 is 13.9 Å². The molecule has 1 amide bonds. The largest absolute Gasteiger partial charge is 0.489 e. The molecule has 216 valence electrons. The van der Waals surface area contributed by atoms with Gasteiger partial charge in [-0.3, -0.25) is 9.69 Å². The number of thiocarbonyl (C=S) groups is 1. The summed E-state index contributed by atoms with van der Waals surface area (Å²) in [6, 6.07) is 24.0. The molecule has 1 aliphatic rings. The Kier molecular flexibility index (Phi) is 9.87. The van der Waals surface area contributed by atoms with E-state index < -0.39 is 0 Å². The SMILES string of the molecule is CCCCC(CC)CN1C(=O)C(=Cc2cn(-c3ccccc3)nc2-c2ccc(OCc3ccccc3F)cc2)SC1=S. The van der Waals surface area contributed by atoms with Crippen LogP contribution in [0.15, 0.2) is 90.0 Å². The van der Waals surface area contributed by atoms with Gasteiger partial charge < -0.3 is 4.74 Å². The fourth-order valence-corrected chi connectivity index (χ4v) is 6.16. The normalized spacial score (nSPS) is 15.0. The third-order valence-corrected chi connectivity index (χ3v) is 8.77. The summed E-state index contributed by atoms with van der Waals surface area (Å²) in [5.74, 6) is 0.722. The highest BCUT2D eigenvalue weighted by Crippen LogP contribution is 2.36. The fourth-order valence-electron chi connectivity index (χ4n) is 4.89. The Balaban J connectivity index is 1.41. The zero-order chi connectivity index (χ0) is 29.5. The van der Waals surface area contributed by atoms with Gasteiger partial charge in [-0.1, -0.05) is 93.5 Å². The molecule has 1 aromatic heterocycles. The number of ether oxygens (including phenoxy) is 1. The maximum atomic E-state index is 14.0. The molecule has 0 N–H and O–H groups in total. The van der Waals surface area contributed by atoms with Gasteiger partial charge in [0.05, 0.1) is 16.3 Å². The van der Waals surface area contributed by atoms with Crippen LogP contribution in [-0.2, 0) is 11.4 Å². The van der Waals surface area contributed by atoms with Gasteiger partial charge in [0.1, 0.15) is 22.5 Å². The number of thioether (sulfide) groups is 1. The Bertz CT molecular complexity index is 1570. The van der Waals surface area contributed by atoms with E-state index in [4.69, 9.17) is 22.1 Å². The molecule has 1 atom stereocenters. The van der Waals surface area contributed by atoms with Gasteiger partial charge in [0.15, 0.2) is 0 Å². The highest BCUT2D eigenvalue weighted by atomic mass is 32.2. The number of nitrogens with zero attached hydrogens (tertiary/aromatic N) is 3. The van der Waals surface area contributed by atoms with Gasteiger partial charge in [-0.25, -0.2) is 9.07 Å². The average molecular weight is 600 g/mol. The Morgan fingerprint density at radius 1 is 1.02 bits per heavy atom. The third-order valence-electron chi connectivity index (χ3n) is 7.39. The Morgan fingerprint density at radius 3 is 2.48 bits per heavy atom. The van der Waals surface area contributed by atoms with Gasteiger partial charge in [0, 0.05) is 29.4 Å². The lowest BCUT2D eigenvalue weighted by Crippen LogP contribution is -2.33. The van der Waals surface area contributed by atoms with Crippen LogP contribution in [0.5, 0.6) is 5.75 Å². The monoisotopic (exact) mass is 599 g/mol. The summed E-state index contributed by atoms with van der Waals surface area (Å²) in [4.78, 5) is 15.9. The summed E-state index contributed by atoms with van der Waals surface area (Å²) in [5, 5.41) is 4.90. The molecule has 0 bridgehead atoms. The van der Waals surface area contributed by atoms with Crippen molar-refractivity contribution in [3.8, 4) is 22.7 Å². The molecule has 2 heterocycles. The fraction of sp³-hybridized carbons (Fsp3) is 0.265. The molecule has 0 radical (unpaired) electrons. The number of aromatic nitrogens is 2. The van der Waals surface area contributed by atoms with Crippen LogP contribution >= 0.6 is 24.0 Å². The van der Waals surface area contributed by atoms with Gasteiger partial charge in [-0.05, 0) is 60.9 Å². The predicted octanol–water partition coefficient (Wildman–Crippen LogP) is 8.68. The molecule has 1 aliphatic heterocycles. The number of para-hydroxylation sites is 1. The van der Waals surface area contributed by atoms with Crippen LogP contribution in [-0.4, -0.2) is 31.5 Å². The molecule has 0 saturated carbocycles. The average Bonchev–Trinajstić information content (AvgIpc) is 3.55. The van der Waals surface area contributed by atoms with Gasteiger partial charge in [-0.2, -0.15) is 5.10 Å². The minimum absolute atomic E-state index is 0.0461. The van der Waals surface area contributed by atoms with E-state index in [9.17, 15) is 9.18 Å². The number of hydrogen-bond donors (Lipinski definition) is 0. The molecule has 1 saturated heterocycles. The number of rotatable bonds is 12. The van der Waals surface area contributed by atoms with Gasteiger partial charge >= 0.3 is 0 Å². The standard InChI is InChI=1S/C34H34FN3O2S2/c1-3-5-11-24(4-2)21-37-33(39)31(42-34(37)41)20-27-22-38(28-13-7-6-8-14-28)36-32(27)25-16-18-29(19-17-25)40-23-26-12-9-10-15-30(26)35/h6-10,12-20,22,24H,3-5,11,21,23H2,1-2H3. The first-order chi connectivity index (χ1) is 20.5. The van der Waals surface area contributed by atoms with Crippen molar-refractivity contribution in [1.82, 2.24) is 14.7 Å². The molecule has 5 rings (SSSR count). The van der Waals surface area contributed by atoms with E-state index in [1.165, 1.54) is 17.8 Å². The van der Waals surface area contributed by atoms with Crippen LogP contribution in [0.2, 0.25) is 0 Å². The first-order valence-corrected chi connectivity index (χ1v) is 15.6. The van der Waals surface area contributed by atoms with E-state index in [1.54, 1.807) is 23.1 Å². The van der Waals surface area contributed by atoms with Crippen LogP contribution in [0, 0.1) is 11.7 Å². The van der Waals surface area contributed by atoms with Crippen molar-refractivity contribution in [1.29, 1.82) is 0 Å². The minimum atomic E-state index is -0.290. The van der Waals surface area contributed by atoms with E-state index in [0.717, 1.165) is 48.2 Å². The smallest absolute Gasteiger partial charge is 0.266 e. The van der Waals surface area contributed by atoms with E-state index in [0.29, 0.717) is 33.0 Å². The predicted molar refractivity (Wildman–Crippen MR) is 173 cm³/mol. The minimum Gasteiger partial charge on any atom is -0.489 e. The van der Waals surface area contributed by atoms with Crippen molar-refractivity contribution in [2.45, 2.75) is 46.1 Å². The van der Waals surface area contributed by atoms with Crippen molar-refractivity contribution in [2.24, 2.45) is 5.92 Å². The number of hydrogen-bond acceptors (Lipinski definition) is 5. The van der Waals surface area contributed by atoms with E-state index in [1.807, 2.05) is 71.6 Å². The van der Waals surface area contributed by atoms with Crippen molar-refractivity contribution in [2.75, 3.05) is 6.54 Å². The summed E-state index contributed by atoms with van der Waals surface area (Å²) in [6.07, 6.45) is 8.24. The number of carbonyl (C=O) groups excluding carboxylic acids is 1. The number of amides is 1. The molecule has 1 unspecified atom stereocenters. The van der Waals surface area contributed by atoms with Crippen molar-refractivity contribution >= 4 is 40.3 Å². The van der Waals surface area contributed by atoms with Gasteiger partial charge in [0.25, 0.3) is 5.91 Å². The zero-order valence-electron chi connectivity index (χ0n) is 23.8. The molecular formula is C34H34FN3O2S2. The van der Waals surface area contributed by atoms with Crippen LogP contribution in [0.1, 0.15) is 50.7 Å². The lowest BCUT2D eigenvalue weighted by atomic mass is 9.99. The van der Waals surface area contributed by atoms with E-state index >= 15 is 0 Å². The first-order valence-electron chi connectivity index (χ1n) is 14.3. The Morgan fingerprint density at radius 2 is 1.76 bits per heavy atom. The first kappa shape index (κ1) is 29.7. The van der Waals surface area contributed by atoms with Crippen LogP contribution in [0.3, 0.4) is 0 Å². The van der Waals surface area contributed by atoms with E-state index in [2.05, 4.69) is 13.8 Å². The number of unbranched alkanes of at least 4 members (excludes halogenated alkanes) is 1. The second kappa shape index (κ2) is 13.9. The summed E-state index contributed by atoms with van der Waals surface area (Å²) >= 11 is 7.00. The molecule has 42 heavy (non-hydrogen) atoms. The van der Waals surface area contributed by atoms with Crippen LogP contribution in [0.4, 0.5) is 4.39 Å². The molecule has 8 heteroatoms. The van der Waals surface area contributed by atoms with Crippen LogP contribution in [0.25, 0.3) is 23.0 Å². The lowest BCUT2D eigenvalue weighted by Gasteiger charge is -2.21. The number of halogens is 1. The zero-order valence-corrected chi connectivity index (χ0v) is 25.5. The molecule has 1 fully saturated rings. The maximum absolute atomic E-state index is 14.0. The summed E-state index contributed by atoms with van der Waals surface area (Å²) in [7, 11) is 0. The molecule has 0 spiro atoms. The number of benzene rings is 3. The van der Waals surface area contributed by atoms with Crippen molar-refractivity contribution in [3.63, 3.8) is 0 Å². The molecule has 3 aromatic carbocycles. The van der Waals surface area contributed by atoms with Gasteiger partial charge in [0.2, 0.25) is 0 Å². The molecule has 4 aromatic rings.